The lowest BCUT2D eigenvalue weighted by molar-refractivity contribution is -0.379. The van der Waals surface area contributed by atoms with Crippen LogP contribution >= 0.6 is 0 Å². The second-order valence-electron chi connectivity index (χ2n) is 21.8. The van der Waals surface area contributed by atoms with Crippen molar-refractivity contribution < 1.29 is 89.4 Å². The molecule has 460 valence electrons. The molecular weight excluding hydrogens is 1020 g/mol. The Kier molecular flexibility index (Phi) is 39.0. The van der Waals surface area contributed by atoms with Crippen molar-refractivity contribution in [3.63, 3.8) is 0 Å². The molecule has 0 radical (unpaired) electrons. The van der Waals surface area contributed by atoms with E-state index in [0.717, 1.165) is 64.2 Å². The molecule has 0 bridgehead atoms. The van der Waals surface area contributed by atoms with Crippen LogP contribution < -0.4 is 5.32 Å². The Morgan fingerprint density at radius 1 is 0.468 bits per heavy atom. The molecule has 79 heavy (non-hydrogen) atoms. The molecule has 0 saturated carbocycles. The van der Waals surface area contributed by atoms with Crippen molar-refractivity contribution in [1.29, 1.82) is 0 Å². The lowest BCUT2D eigenvalue weighted by Gasteiger charge is -2.48. The van der Waals surface area contributed by atoms with Crippen LogP contribution in [-0.4, -0.2) is 193 Å². The molecule has 12 N–H and O–H groups in total. The fourth-order valence-corrected chi connectivity index (χ4v) is 10.1. The van der Waals surface area contributed by atoms with Crippen molar-refractivity contribution in [1.82, 2.24) is 5.32 Å². The number of hydrogen-bond donors (Lipinski definition) is 12. The Labute approximate surface area is 472 Å². The Morgan fingerprint density at radius 2 is 0.873 bits per heavy atom. The summed E-state index contributed by atoms with van der Waals surface area (Å²) in [5.74, 6) is -0.306. The van der Waals surface area contributed by atoms with E-state index in [2.05, 4.69) is 55.6 Å². The zero-order valence-corrected chi connectivity index (χ0v) is 47.8. The van der Waals surface area contributed by atoms with Crippen LogP contribution in [0.4, 0.5) is 0 Å². The smallest absolute Gasteiger partial charge is 0.220 e. The number of carbonyl (C=O) groups excluding carboxylic acids is 1. The van der Waals surface area contributed by atoms with Crippen LogP contribution in [0.1, 0.15) is 194 Å². The van der Waals surface area contributed by atoms with Gasteiger partial charge in [-0.25, -0.2) is 0 Å². The number of aliphatic hydroxyl groups excluding tert-OH is 11. The Balaban J connectivity index is 1.50. The largest absolute Gasteiger partial charge is 0.394 e. The average Bonchev–Trinajstić information content (AvgIpc) is 3.55. The van der Waals surface area contributed by atoms with Crippen LogP contribution in [0.5, 0.6) is 0 Å². The lowest BCUT2D eigenvalue weighted by atomic mass is 9.96. The van der Waals surface area contributed by atoms with E-state index >= 15 is 0 Å². The first-order chi connectivity index (χ1) is 38.3. The number of nitrogens with one attached hydrogen (secondary N) is 1. The first kappa shape index (κ1) is 71.0. The van der Waals surface area contributed by atoms with E-state index in [1.54, 1.807) is 6.08 Å². The van der Waals surface area contributed by atoms with Crippen molar-refractivity contribution in [3.05, 3.63) is 48.6 Å². The van der Waals surface area contributed by atoms with Gasteiger partial charge in [0.1, 0.15) is 73.2 Å². The second kappa shape index (κ2) is 43.4. The molecule has 17 atom stereocenters. The first-order valence-electron chi connectivity index (χ1n) is 30.4. The predicted octanol–water partition coefficient (Wildman–Crippen LogP) is 5.48. The molecule has 0 spiro atoms. The molecule has 3 heterocycles. The van der Waals surface area contributed by atoms with Gasteiger partial charge >= 0.3 is 0 Å². The standard InChI is InChI=1S/C60H107NO18/c1-3-5-7-9-11-13-15-17-18-19-20-21-22-23-24-26-27-29-31-33-35-37-44(65)43(61-48(66)38-36-34-32-30-28-25-16-14-12-10-8-6-4-2)42-74-58-54(72)51(69)56(46(40-63)76-58)79-60-55(73)52(70)57(47(41-64)77-60)78-59-53(71)50(68)49(67)45(39-62)75-59/h6,8,12,14,25,28,35,37,43-47,49-60,62-65,67-73H,3-5,7,9-11,13,15-24,26-27,29-34,36,38-42H2,1-2H3,(H,61,66)/b8-6-,14-12-,28-25-,37-35+. The van der Waals surface area contributed by atoms with E-state index in [-0.39, 0.29) is 18.9 Å². The van der Waals surface area contributed by atoms with Crippen molar-refractivity contribution in [2.75, 3.05) is 26.4 Å². The molecule has 3 fully saturated rings. The highest BCUT2D eigenvalue weighted by molar-refractivity contribution is 5.76. The van der Waals surface area contributed by atoms with E-state index in [1.165, 1.54) is 103 Å². The van der Waals surface area contributed by atoms with Crippen molar-refractivity contribution in [3.8, 4) is 0 Å². The summed E-state index contributed by atoms with van der Waals surface area (Å²) >= 11 is 0. The van der Waals surface area contributed by atoms with Gasteiger partial charge in [0.15, 0.2) is 18.9 Å². The number of aliphatic hydroxyl groups is 11. The molecule has 3 rings (SSSR count). The summed E-state index contributed by atoms with van der Waals surface area (Å²) in [5.41, 5.74) is 0. The van der Waals surface area contributed by atoms with E-state index < -0.39 is 124 Å². The van der Waals surface area contributed by atoms with Gasteiger partial charge in [-0.05, 0) is 51.4 Å². The van der Waals surface area contributed by atoms with Gasteiger partial charge in [-0.2, -0.15) is 0 Å². The van der Waals surface area contributed by atoms with Gasteiger partial charge in [-0.1, -0.05) is 184 Å². The van der Waals surface area contributed by atoms with Gasteiger partial charge in [-0.15, -0.1) is 0 Å². The molecule has 3 saturated heterocycles. The lowest BCUT2D eigenvalue weighted by Crippen LogP contribution is -2.66. The molecule has 0 aromatic carbocycles. The maximum Gasteiger partial charge on any atom is 0.220 e. The monoisotopic (exact) mass is 1130 g/mol. The minimum atomic E-state index is -1.98. The van der Waals surface area contributed by atoms with Crippen LogP contribution in [0.3, 0.4) is 0 Å². The van der Waals surface area contributed by atoms with E-state index in [0.29, 0.717) is 6.42 Å². The average molecular weight is 1130 g/mol. The number of rotatable bonds is 44. The third-order valence-corrected chi connectivity index (χ3v) is 15.1. The van der Waals surface area contributed by atoms with E-state index in [4.69, 9.17) is 28.4 Å². The molecular formula is C60H107NO18. The summed E-state index contributed by atoms with van der Waals surface area (Å²) in [7, 11) is 0. The van der Waals surface area contributed by atoms with Gasteiger partial charge < -0.3 is 89.9 Å². The van der Waals surface area contributed by atoms with Gasteiger partial charge in [0.2, 0.25) is 5.91 Å². The summed E-state index contributed by atoms with van der Waals surface area (Å²) in [6.07, 6.45) is 21.0. The molecule has 3 aliphatic rings. The highest BCUT2D eigenvalue weighted by atomic mass is 16.8. The van der Waals surface area contributed by atoms with Crippen molar-refractivity contribution >= 4 is 5.91 Å². The summed E-state index contributed by atoms with van der Waals surface area (Å²) < 4.78 is 34.2. The quantitative estimate of drug-likeness (QED) is 0.0265. The Morgan fingerprint density at radius 3 is 1.37 bits per heavy atom. The zero-order chi connectivity index (χ0) is 57.6. The SMILES string of the molecule is CC/C=C\C/C=C\C/C=C\CCCCCC(=O)NC(COC1OC(CO)C(OC2OC(CO)C(OC3OC(CO)C(O)C(O)C3O)C(O)C2O)C(O)C1O)C(O)/C=C/CCCCCCCCCCCCCCCCCCCCC. The fourth-order valence-electron chi connectivity index (χ4n) is 10.1. The summed E-state index contributed by atoms with van der Waals surface area (Å²) in [4.78, 5) is 13.3. The van der Waals surface area contributed by atoms with E-state index in [1.807, 2.05) is 6.08 Å². The molecule has 0 aromatic heterocycles. The highest BCUT2D eigenvalue weighted by Crippen LogP contribution is 2.33. The van der Waals surface area contributed by atoms with Gasteiger partial charge in [0.05, 0.1) is 38.6 Å². The molecule has 17 unspecified atom stereocenters. The Bertz CT molecular complexity index is 1630. The maximum atomic E-state index is 13.3. The molecule has 19 nitrogen and oxygen atoms in total. The first-order valence-corrected chi connectivity index (χ1v) is 30.4. The Hall–Kier alpha value is -2.25. The summed E-state index contributed by atoms with van der Waals surface area (Å²) in [6.45, 7) is 1.58. The number of unbranched alkanes of at least 4 members (excludes halogenated alkanes) is 22. The molecule has 1 amide bonds. The third-order valence-electron chi connectivity index (χ3n) is 15.1. The van der Waals surface area contributed by atoms with Crippen molar-refractivity contribution in [2.24, 2.45) is 0 Å². The molecule has 0 aliphatic carbocycles. The summed E-state index contributed by atoms with van der Waals surface area (Å²) in [6, 6.07) is -0.988. The fraction of sp³-hybridized carbons (Fsp3) is 0.850. The van der Waals surface area contributed by atoms with Gasteiger partial charge in [0.25, 0.3) is 0 Å². The number of ether oxygens (including phenoxy) is 6. The highest BCUT2D eigenvalue weighted by Gasteiger charge is 2.53. The summed E-state index contributed by atoms with van der Waals surface area (Å²) in [5, 5.41) is 120. The van der Waals surface area contributed by atoms with Crippen LogP contribution in [0, 0.1) is 0 Å². The van der Waals surface area contributed by atoms with Crippen LogP contribution in [0.15, 0.2) is 48.6 Å². The maximum absolute atomic E-state index is 13.3. The van der Waals surface area contributed by atoms with Crippen LogP contribution in [-0.2, 0) is 33.2 Å². The topological polar surface area (TPSA) is 307 Å². The van der Waals surface area contributed by atoms with Gasteiger partial charge in [-0.3, -0.25) is 4.79 Å². The van der Waals surface area contributed by atoms with Crippen LogP contribution in [0.2, 0.25) is 0 Å². The number of amides is 1. The van der Waals surface area contributed by atoms with Gasteiger partial charge in [0, 0.05) is 6.42 Å². The number of carbonyl (C=O) groups is 1. The van der Waals surface area contributed by atoms with Crippen LogP contribution in [0.25, 0.3) is 0 Å². The number of hydrogen-bond acceptors (Lipinski definition) is 18. The predicted molar refractivity (Wildman–Crippen MR) is 300 cm³/mol. The zero-order valence-electron chi connectivity index (χ0n) is 47.8. The third kappa shape index (κ3) is 27.3. The second-order valence-corrected chi connectivity index (χ2v) is 21.8. The van der Waals surface area contributed by atoms with E-state index in [9.17, 15) is 61.0 Å². The van der Waals surface area contributed by atoms with Crippen molar-refractivity contribution in [2.45, 2.75) is 298 Å². The minimum absolute atomic E-state index is 0.207. The number of allylic oxidation sites excluding steroid dienone is 7. The molecule has 19 heteroatoms. The minimum Gasteiger partial charge on any atom is -0.394 e. The molecule has 0 aromatic rings. The molecule has 3 aliphatic heterocycles. The normalized spacial score (nSPS) is 30.6.